The minimum Gasteiger partial charge on any atom is -0.399 e. The van der Waals surface area contributed by atoms with Gasteiger partial charge in [-0.25, -0.2) is 8.42 Å². The van der Waals surface area contributed by atoms with Crippen LogP contribution in [0, 0.1) is 6.92 Å². The maximum Gasteiger partial charge on any atom is 0.233 e. The predicted octanol–water partition coefficient (Wildman–Crippen LogP) is 1.84. The van der Waals surface area contributed by atoms with E-state index >= 15 is 0 Å². The number of anilines is 2. The van der Waals surface area contributed by atoms with Gasteiger partial charge >= 0.3 is 0 Å². The van der Waals surface area contributed by atoms with Gasteiger partial charge in [0.15, 0.2) is 0 Å². The Hall–Kier alpha value is -1.67. The molecule has 1 aromatic heterocycles. The Kier molecular flexibility index (Phi) is 4.79. The third kappa shape index (κ3) is 4.68. The summed E-state index contributed by atoms with van der Waals surface area (Å²) in [5, 5.41) is 4.10. The first-order valence-corrected chi connectivity index (χ1v) is 8.98. The van der Waals surface area contributed by atoms with Gasteiger partial charge in [-0.15, -0.1) is 11.8 Å². The highest BCUT2D eigenvalue weighted by Gasteiger charge is 2.13. The van der Waals surface area contributed by atoms with Gasteiger partial charge in [0.2, 0.25) is 10.0 Å². The lowest BCUT2D eigenvalue weighted by atomic mass is 10.3. The molecule has 0 unspecified atom stereocenters. The number of rotatable bonds is 6. The number of aromatic nitrogens is 2. The number of hydrogen-bond donors (Lipinski definition) is 2. The van der Waals surface area contributed by atoms with Gasteiger partial charge in [0.1, 0.15) is 0 Å². The van der Waals surface area contributed by atoms with Crippen LogP contribution in [0.3, 0.4) is 0 Å². The monoisotopic (exact) mass is 326 g/mol. The highest BCUT2D eigenvalue weighted by molar-refractivity contribution is 8.01. The number of nitrogens with one attached hydrogen (secondary N) is 1. The first-order valence-electron chi connectivity index (χ1n) is 6.35. The molecular formula is C13H18N4O2S2. The van der Waals surface area contributed by atoms with E-state index < -0.39 is 10.0 Å². The third-order valence-corrected chi connectivity index (χ3v) is 5.32. The van der Waals surface area contributed by atoms with Gasteiger partial charge in [0.25, 0.3) is 0 Å². The van der Waals surface area contributed by atoms with Crippen LogP contribution in [0.5, 0.6) is 0 Å². The van der Waals surface area contributed by atoms with Crippen molar-refractivity contribution >= 4 is 33.2 Å². The van der Waals surface area contributed by atoms with Gasteiger partial charge in [0, 0.05) is 29.6 Å². The number of nitrogens with zero attached hydrogens (tertiary/aromatic N) is 2. The van der Waals surface area contributed by atoms with Gasteiger partial charge in [0.05, 0.1) is 17.1 Å². The van der Waals surface area contributed by atoms with Crippen molar-refractivity contribution in [2.75, 3.05) is 22.0 Å². The van der Waals surface area contributed by atoms with E-state index in [9.17, 15) is 8.42 Å². The molecule has 1 aromatic carbocycles. The SMILES string of the molecule is Cc1nn(C)cc1NS(=O)(=O)CCSc1ccc(N)cc1. The molecule has 0 saturated heterocycles. The Morgan fingerprint density at radius 1 is 1.33 bits per heavy atom. The average molecular weight is 326 g/mol. The molecule has 0 radical (unpaired) electrons. The van der Waals surface area contributed by atoms with E-state index in [1.54, 1.807) is 37.0 Å². The summed E-state index contributed by atoms with van der Waals surface area (Å²) < 4.78 is 28.2. The standard InChI is InChI=1S/C13H18N4O2S2/c1-10-13(9-17(2)15-10)16-21(18,19)8-7-20-12-5-3-11(14)4-6-12/h3-6,9,16H,7-8,14H2,1-2H3. The van der Waals surface area contributed by atoms with Gasteiger partial charge in [-0.2, -0.15) is 5.10 Å². The topological polar surface area (TPSA) is 90.0 Å². The maximum absolute atomic E-state index is 12.0. The summed E-state index contributed by atoms with van der Waals surface area (Å²) in [6.45, 7) is 1.76. The van der Waals surface area contributed by atoms with Crippen LogP contribution in [0.4, 0.5) is 11.4 Å². The molecule has 0 aliphatic carbocycles. The second-order valence-electron chi connectivity index (χ2n) is 4.64. The number of benzene rings is 1. The van der Waals surface area contributed by atoms with E-state index in [-0.39, 0.29) is 5.75 Å². The number of hydrogen-bond acceptors (Lipinski definition) is 5. The Morgan fingerprint density at radius 3 is 2.57 bits per heavy atom. The van der Waals surface area contributed by atoms with Gasteiger partial charge in [-0.3, -0.25) is 9.40 Å². The van der Waals surface area contributed by atoms with E-state index in [1.807, 2.05) is 12.1 Å². The summed E-state index contributed by atoms with van der Waals surface area (Å²) >= 11 is 1.48. The zero-order chi connectivity index (χ0) is 15.5. The van der Waals surface area contributed by atoms with Crippen LogP contribution < -0.4 is 10.5 Å². The molecule has 114 valence electrons. The molecule has 8 heteroatoms. The van der Waals surface area contributed by atoms with Crippen LogP contribution in [0.1, 0.15) is 5.69 Å². The fourth-order valence-electron chi connectivity index (χ4n) is 1.75. The van der Waals surface area contributed by atoms with Crippen LogP contribution in [-0.4, -0.2) is 29.7 Å². The molecule has 0 fully saturated rings. The summed E-state index contributed by atoms with van der Waals surface area (Å²) in [6.07, 6.45) is 1.65. The van der Waals surface area contributed by atoms with Gasteiger partial charge < -0.3 is 5.73 Å². The molecule has 0 aliphatic heterocycles. The average Bonchev–Trinajstić information content (AvgIpc) is 2.69. The molecule has 0 atom stereocenters. The van der Waals surface area contributed by atoms with Crippen molar-refractivity contribution in [1.29, 1.82) is 0 Å². The molecule has 0 amide bonds. The van der Waals surface area contributed by atoms with Crippen molar-refractivity contribution in [3.8, 4) is 0 Å². The Labute approximate surface area is 128 Å². The summed E-state index contributed by atoms with van der Waals surface area (Å²) in [4.78, 5) is 0.997. The van der Waals surface area contributed by atoms with Gasteiger partial charge in [-0.1, -0.05) is 0 Å². The molecular weight excluding hydrogens is 308 g/mol. The van der Waals surface area contributed by atoms with E-state index in [0.29, 0.717) is 22.8 Å². The van der Waals surface area contributed by atoms with Crippen molar-refractivity contribution in [1.82, 2.24) is 9.78 Å². The largest absolute Gasteiger partial charge is 0.399 e. The summed E-state index contributed by atoms with van der Waals surface area (Å²) in [7, 11) is -1.62. The quantitative estimate of drug-likeness (QED) is 0.624. The molecule has 2 rings (SSSR count). The summed E-state index contributed by atoms with van der Waals surface area (Å²) in [5.41, 5.74) is 7.48. The van der Waals surface area contributed by atoms with Crippen molar-refractivity contribution in [2.24, 2.45) is 7.05 Å². The number of aryl methyl sites for hydroxylation is 2. The molecule has 6 nitrogen and oxygen atoms in total. The highest BCUT2D eigenvalue weighted by Crippen LogP contribution is 2.20. The van der Waals surface area contributed by atoms with Crippen molar-refractivity contribution < 1.29 is 8.42 Å². The molecule has 21 heavy (non-hydrogen) atoms. The fourth-order valence-corrected chi connectivity index (χ4v) is 4.16. The van der Waals surface area contributed by atoms with Crippen LogP contribution in [-0.2, 0) is 17.1 Å². The first kappa shape index (κ1) is 15.7. The molecule has 2 aromatic rings. The van der Waals surface area contributed by atoms with Crippen LogP contribution in [0.15, 0.2) is 35.4 Å². The predicted molar refractivity (Wildman–Crippen MR) is 86.9 cm³/mol. The second-order valence-corrected chi connectivity index (χ2v) is 7.65. The zero-order valence-corrected chi connectivity index (χ0v) is 13.5. The van der Waals surface area contributed by atoms with E-state index in [1.165, 1.54) is 11.8 Å². The van der Waals surface area contributed by atoms with E-state index in [0.717, 1.165) is 4.90 Å². The smallest absolute Gasteiger partial charge is 0.233 e. The summed E-state index contributed by atoms with van der Waals surface area (Å²) in [5.74, 6) is 0.509. The lowest BCUT2D eigenvalue weighted by Gasteiger charge is -2.07. The minimum absolute atomic E-state index is 0.0381. The number of thioether (sulfide) groups is 1. The lowest BCUT2D eigenvalue weighted by molar-refractivity contribution is 0.602. The molecule has 0 saturated carbocycles. The molecule has 1 heterocycles. The molecule has 0 aliphatic rings. The van der Waals surface area contributed by atoms with Crippen molar-refractivity contribution in [3.63, 3.8) is 0 Å². The Morgan fingerprint density at radius 2 is 2.00 bits per heavy atom. The lowest BCUT2D eigenvalue weighted by Crippen LogP contribution is -2.18. The molecule has 0 spiro atoms. The number of sulfonamides is 1. The summed E-state index contributed by atoms with van der Waals surface area (Å²) in [6, 6.07) is 7.36. The normalized spacial score (nSPS) is 11.5. The first-order chi connectivity index (χ1) is 9.85. The Bertz CT molecular complexity index is 708. The highest BCUT2D eigenvalue weighted by atomic mass is 32.2. The Balaban J connectivity index is 1.89. The molecule has 3 N–H and O–H groups in total. The maximum atomic E-state index is 12.0. The fraction of sp³-hybridized carbons (Fsp3) is 0.308. The van der Waals surface area contributed by atoms with Crippen LogP contribution >= 0.6 is 11.8 Å². The third-order valence-electron chi connectivity index (χ3n) is 2.78. The van der Waals surface area contributed by atoms with Crippen molar-refractivity contribution in [2.45, 2.75) is 11.8 Å². The van der Waals surface area contributed by atoms with Gasteiger partial charge in [-0.05, 0) is 31.2 Å². The number of nitrogens with two attached hydrogens (primary N) is 1. The molecule has 0 bridgehead atoms. The number of nitrogen functional groups attached to an aromatic ring is 1. The van der Waals surface area contributed by atoms with Crippen molar-refractivity contribution in [3.05, 3.63) is 36.2 Å². The zero-order valence-electron chi connectivity index (χ0n) is 11.9. The van der Waals surface area contributed by atoms with Crippen LogP contribution in [0.2, 0.25) is 0 Å². The second kappa shape index (κ2) is 6.40. The minimum atomic E-state index is -3.37. The van der Waals surface area contributed by atoms with Crippen LogP contribution in [0.25, 0.3) is 0 Å². The van der Waals surface area contributed by atoms with E-state index in [2.05, 4.69) is 9.82 Å². The van der Waals surface area contributed by atoms with E-state index in [4.69, 9.17) is 5.73 Å².